The third-order valence-electron chi connectivity index (χ3n) is 3.61. The molecular formula is C18H28N2O4. The zero-order valence-corrected chi connectivity index (χ0v) is 15.0. The van der Waals surface area contributed by atoms with Crippen LogP contribution in [0.15, 0.2) is 24.3 Å². The van der Waals surface area contributed by atoms with Gasteiger partial charge in [-0.1, -0.05) is 26.0 Å². The first-order chi connectivity index (χ1) is 11.5. The maximum Gasteiger partial charge on any atom is 0.254 e. The van der Waals surface area contributed by atoms with E-state index in [2.05, 4.69) is 5.32 Å². The lowest BCUT2D eigenvalue weighted by atomic mass is 10.1. The molecule has 134 valence electrons. The Balaban J connectivity index is 2.67. The van der Waals surface area contributed by atoms with Crippen molar-refractivity contribution in [2.75, 3.05) is 40.5 Å². The van der Waals surface area contributed by atoms with E-state index in [1.165, 1.54) is 0 Å². The van der Waals surface area contributed by atoms with E-state index in [1.54, 1.807) is 31.3 Å². The minimum atomic E-state index is -0.0538. The standard InChI is InChI=1S/C18H28N2O4/c1-14(2)17(21)19-13-15-5-7-16(8-6-15)18(22)20(9-11-23-3)10-12-24-4/h5-8,14H,9-13H2,1-4H3,(H,19,21). The van der Waals surface area contributed by atoms with Gasteiger partial charge in [0.25, 0.3) is 5.91 Å². The molecule has 0 saturated carbocycles. The summed E-state index contributed by atoms with van der Waals surface area (Å²) >= 11 is 0. The predicted octanol–water partition coefficient (Wildman–Crippen LogP) is 1.69. The van der Waals surface area contributed by atoms with Gasteiger partial charge in [0, 0.05) is 45.3 Å². The first-order valence-electron chi connectivity index (χ1n) is 8.13. The first-order valence-corrected chi connectivity index (χ1v) is 8.13. The number of nitrogens with zero attached hydrogens (tertiary/aromatic N) is 1. The van der Waals surface area contributed by atoms with Crippen LogP contribution < -0.4 is 5.32 Å². The number of ether oxygens (including phenoxy) is 2. The van der Waals surface area contributed by atoms with Crippen LogP contribution in [-0.2, 0) is 20.8 Å². The van der Waals surface area contributed by atoms with Crippen LogP contribution in [-0.4, -0.2) is 57.2 Å². The monoisotopic (exact) mass is 336 g/mol. The van der Waals surface area contributed by atoms with Gasteiger partial charge < -0.3 is 19.7 Å². The van der Waals surface area contributed by atoms with Gasteiger partial charge in [0.05, 0.1) is 13.2 Å². The van der Waals surface area contributed by atoms with Crippen LogP contribution in [0, 0.1) is 5.92 Å². The van der Waals surface area contributed by atoms with Crippen LogP contribution in [0.3, 0.4) is 0 Å². The molecule has 0 aliphatic rings. The van der Waals surface area contributed by atoms with E-state index in [4.69, 9.17) is 9.47 Å². The Kier molecular flexibility index (Phi) is 9.04. The first kappa shape index (κ1) is 20.1. The van der Waals surface area contributed by atoms with E-state index in [0.29, 0.717) is 38.4 Å². The van der Waals surface area contributed by atoms with Crippen molar-refractivity contribution >= 4 is 11.8 Å². The van der Waals surface area contributed by atoms with Crippen LogP contribution in [0.2, 0.25) is 0 Å². The molecule has 24 heavy (non-hydrogen) atoms. The van der Waals surface area contributed by atoms with Crippen molar-refractivity contribution in [3.8, 4) is 0 Å². The Morgan fingerprint density at radius 1 is 1.04 bits per heavy atom. The van der Waals surface area contributed by atoms with Crippen molar-refractivity contribution in [1.29, 1.82) is 0 Å². The molecule has 0 heterocycles. The largest absolute Gasteiger partial charge is 0.383 e. The Bertz CT molecular complexity index is 506. The number of hydrogen-bond donors (Lipinski definition) is 1. The molecule has 6 nitrogen and oxygen atoms in total. The summed E-state index contributed by atoms with van der Waals surface area (Å²) in [6.45, 7) is 6.17. The second kappa shape index (κ2) is 10.8. The summed E-state index contributed by atoms with van der Waals surface area (Å²) in [6.07, 6.45) is 0. The fourth-order valence-corrected chi connectivity index (χ4v) is 2.06. The van der Waals surface area contributed by atoms with Gasteiger partial charge in [0.2, 0.25) is 5.91 Å². The van der Waals surface area contributed by atoms with Gasteiger partial charge in [-0.25, -0.2) is 0 Å². The number of nitrogens with one attached hydrogen (secondary N) is 1. The van der Waals surface area contributed by atoms with E-state index >= 15 is 0 Å². The minimum absolute atomic E-state index is 0.0143. The Hall–Kier alpha value is -1.92. The summed E-state index contributed by atoms with van der Waals surface area (Å²) in [5.74, 6) is -0.0803. The van der Waals surface area contributed by atoms with E-state index in [1.807, 2.05) is 26.0 Å². The van der Waals surface area contributed by atoms with Crippen molar-refractivity contribution in [2.24, 2.45) is 5.92 Å². The van der Waals surface area contributed by atoms with Gasteiger partial charge in [-0.3, -0.25) is 9.59 Å². The highest BCUT2D eigenvalue weighted by molar-refractivity contribution is 5.94. The van der Waals surface area contributed by atoms with Gasteiger partial charge in [0.15, 0.2) is 0 Å². The van der Waals surface area contributed by atoms with Crippen molar-refractivity contribution in [2.45, 2.75) is 20.4 Å². The fraction of sp³-hybridized carbons (Fsp3) is 0.556. The van der Waals surface area contributed by atoms with Gasteiger partial charge in [-0.05, 0) is 17.7 Å². The lowest BCUT2D eigenvalue weighted by molar-refractivity contribution is -0.124. The number of rotatable bonds is 10. The van der Waals surface area contributed by atoms with Crippen molar-refractivity contribution in [3.63, 3.8) is 0 Å². The molecule has 0 bridgehead atoms. The average Bonchev–Trinajstić information content (AvgIpc) is 2.59. The molecule has 0 fully saturated rings. The van der Waals surface area contributed by atoms with E-state index in [-0.39, 0.29) is 17.7 Å². The molecule has 0 radical (unpaired) electrons. The van der Waals surface area contributed by atoms with E-state index in [9.17, 15) is 9.59 Å². The number of methoxy groups -OCH3 is 2. The summed E-state index contributed by atoms with van der Waals surface area (Å²) in [5, 5.41) is 2.86. The number of hydrogen-bond acceptors (Lipinski definition) is 4. The summed E-state index contributed by atoms with van der Waals surface area (Å²) in [4.78, 5) is 25.9. The number of carbonyl (C=O) groups excluding carboxylic acids is 2. The molecule has 0 spiro atoms. The topological polar surface area (TPSA) is 67.9 Å². The van der Waals surface area contributed by atoms with Crippen molar-refractivity contribution in [1.82, 2.24) is 10.2 Å². The summed E-state index contributed by atoms with van der Waals surface area (Å²) in [6, 6.07) is 7.29. The second-order valence-electron chi connectivity index (χ2n) is 5.85. The maximum absolute atomic E-state index is 12.6. The van der Waals surface area contributed by atoms with Crippen LogP contribution in [0.4, 0.5) is 0 Å². The van der Waals surface area contributed by atoms with Gasteiger partial charge in [-0.2, -0.15) is 0 Å². The molecule has 1 N–H and O–H groups in total. The quantitative estimate of drug-likeness (QED) is 0.706. The summed E-state index contributed by atoms with van der Waals surface area (Å²) in [7, 11) is 3.22. The number of carbonyl (C=O) groups is 2. The predicted molar refractivity (Wildman–Crippen MR) is 92.8 cm³/mol. The second-order valence-corrected chi connectivity index (χ2v) is 5.85. The molecule has 1 aromatic carbocycles. The Labute approximate surface area is 144 Å². The van der Waals surface area contributed by atoms with E-state index < -0.39 is 0 Å². The highest BCUT2D eigenvalue weighted by Gasteiger charge is 2.15. The highest BCUT2D eigenvalue weighted by Crippen LogP contribution is 2.08. The molecule has 1 rings (SSSR count). The number of benzene rings is 1. The van der Waals surface area contributed by atoms with Crippen LogP contribution in [0.25, 0.3) is 0 Å². The number of amides is 2. The minimum Gasteiger partial charge on any atom is -0.383 e. The van der Waals surface area contributed by atoms with Gasteiger partial charge in [-0.15, -0.1) is 0 Å². The highest BCUT2D eigenvalue weighted by atomic mass is 16.5. The molecule has 1 aromatic rings. The third kappa shape index (κ3) is 6.68. The van der Waals surface area contributed by atoms with Gasteiger partial charge >= 0.3 is 0 Å². The lowest BCUT2D eigenvalue weighted by Gasteiger charge is -2.22. The molecule has 6 heteroatoms. The average molecular weight is 336 g/mol. The van der Waals surface area contributed by atoms with Crippen LogP contribution >= 0.6 is 0 Å². The third-order valence-corrected chi connectivity index (χ3v) is 3.61. The molecule has 0 aromatic heterocycles. The van der Waals surface area contributed by atoms with Crippen molar-refractivity contribution < 1.29 is 19.1 Å². The molecule has 0 unspecified atom stereocenters. The fourth-order valence-electron chi connectivity index (χ4n) is 2.06. The Morgan fingerprint density at radius 2 is 1.58 bits per heavy atom. The molecule has 0 aliphatic carbocycles. The van der Waals surface area contributed by atoms with Gasteiger partial charge in [0.1, 0.15) is 0 Å². The smallest absolute Gasteiger partial charge is 0.254 e. The summed E-state index contributed by atoms with van der Waals surface area (Å²) in [5.41, 5.74) is 1.57. The molecule has 0 atom stereocenters. The lowest BCUT2D eigenvalue weighted by Crippen LogP contribution is -2.36. The van der Waals surface area contributed by atoms with Crippen molar-refractivity contribution in [3.05, 3.63) is 35.4 Å². The summed E-state index contributed by atoms with van der Waals surface area (Å²) < 4.78 is 10.1. The Morgan fingerprint density at radius 3 is 2.04 bits per heavy atom. The molecule has 2 amide bonds. The molecular weight excluding hydrogens is 308 g/mol. The molecule has 0 saturated heterocycles. The molecule has 0 aliphatic heterocycles. The maximum atomic E-state index is 12.6. The van der Waals surface area contributed by atoms with Crippen LogP contribution in [0.1, 0.15) is 29.8 Å². The normalized spacial score (nSPS) is 10.7. The SMILES string of the molecule is COCCN(CCOC)C(=O)c1ccc(CNC(=O)C(C)C)cc1. The zero-order chi connectivity index (χ0) is 17.9. The van der Waals surface area contributed by atoms with Crippen LogP contribution in [0.5, 0.6) is 0 Å². The zero-order valence-electron chi connectivity index (χ0n) is 15.0. The van der Waals surface area contributed by atoms with E-state index in [0.717, 1.165) is 5.56 Å².